The van der Waals surface area contributed by atoms with Crippen molar-refractivity contribution < 1.29 is 13.2 Å². The molecule has 22 heavy (non-hydrogen) atoms. The number of imidazole rings is 1. The molecular weight excluding hydrogens is 322 g/mol. The van der Waals surface area contributed by atoms with E-state index in [1.165, 1.54) is 30.8 Å². The molecule has 1 aromatic carbocycles. The second kappa shape index (κ2) is 6.80. The number of nitrogens with zero attached hydrogens (tertiary/aromatic N) is 2. The summed E-state index contributed by atoms with van der Waals surface area (Å²) < 4.78 is 24.9. The van der Waals surface area contributed by atoms with Gasteiger partial charge in [-0.1, -0.05) is 25.1 Å². The van der Waals surface area contributed by atoms with Gasteiger partial charge in [0, 0.05) is 6.54 Å². The Labute approximate surface area is 134 Å². The van der Waals surface area contributed by atoms with Gasteiger partial charge in [0.25, 0.3) is 0 Å². The quantitative estimate of drug-likeness (QED) is 0.779. The summed E-state index contributed by atoms with van der Waals surface area (Å²) in [4.78, 5) is 15.7. The van der Waals surface area contributed by atoms with Gasteiger partial charge in [0.2, 0.25) is 10.0 Å². The first-order chi connectivity index (χ1) is 10.3. The summed E-state index contributed by atoms with van der Waals surface area (Å²) in [6.07, 6.45) is 2.02. The minimum Gasteiger partial charge on any atom is -0.319 e. The van der Waals surface area contributed by atoms with Crippen LogP contribution in [-0.4, -0.2) is 29.5 Å². The zero-order chi connectivity index (χ0) is 16.3. The number of aryl methyl sites for hydroxylation is 1. The molecule has 0 saturated heterocycles. The maximum atomic E-state index is 11.4. The molecule has 2 aromatic rings. The number of hydrogen-bond acceptors (Lipinski definition) is 5. The molecule has 0 aliphatic heterocycles. The van der Waals surface area contributed by atoms with Crippen LogP contribution >= 0.6 is 11.8 Å². The number of thioether (sulfide) groups is 1. The summed E-state index contributed by atoms with van der Waals surface area (Å²) in [6, 6.07) is 4.68. The molecule has 8 heteroatoms. The number of Topliss-reactive ketones (excluding diaryl/α,β-unsaturated/α-hetero) is 1. The van der Waals surface area contributed by atoms with E-state index in [2.05, 4.69) is 11.9 Å². The van der Waals surface area contributed by atoms with E-state index in [0.717, 1.165) is 30.1 Å². The van der Waals surface area contributed by atoms with Gasteiger partial charge in [-0.2, -0.15) is 0 Å². The molecule has 0 aliphatic rings. The molecule has 120 valence electrons. The molecule has 0 saturated carbocycles. The Morgan fingerprint density at radius 1 is 1.41 bits per heavy atom. The highest BCUT2D eigenvalue weighted by Gasteiger charge is 2.15. The second-order valence-corrected chi connectivity index (χ2v) is 7.59. The van der Waals surface area contributed by atoms with Gasteiger partial charge in [-0.15, -0.1) is 0 Å². The van der Waals surface area contributed by atoms with Crippen LogP contribution in [0.2, 0.25) is 0 Å². The fourth-order valence-electron chi connectivity index (χ4n) is 2.07. The number of hydrogen-bond donors (Lipinski definition) is 1. The van der Waals surface area contributed by atoms with Crippen LogP contribution in [0.25, 0.3) is 11.0 Å². The van der Waals surface area contributed by atoms with Crippen molar-refractivity contribution in [3.05, 3.63) is 18.2 Å². The molecule has 0 aliphatic carbocycles. The number of fused-ring (bicyclic) bond motifs is 1. The number of carbonyl (C=O) groups is 1. The third-order valence-corrected chi connectivity index (χ3v) is 5.18. The van der Waals surface area contributed by atoms with E-state index in [9.17, 15) is 13.2 Å². The lowest BCUT2D eigenvalue weighted by molar-refractivity contribution is -0.114. The number of primary sulfonamides is 1. The predicted molar refractivity (Wildman–Crippen MR) is 87.4 cm³/mol. The topological polar surface area (TPSA) is 95.0 Å². The summed E-state index contributed by atoms with van der Waals surface area (Å²) in [5.74, 6) is 0.418. The van der Waals surface area contributed by atoms with Crippen LogP contribution in [0.15, 0.2) is 28.3 Å². The maximum Gasteiger partial charge on any atom is 0.238 e. The lowest BCUT2D eigenvalue weighted by Gasteiger charge is -2.07. The minimum absolute atomic E-state index is 0.0447. The standard InChI is InChI=1S/C14H19N3O3S2/c1-3-4-7-17-13-6-5-11(22(15,19)20)8-12(13)16-14(17)21-9-10(2)18/h5-6,8H,3-4,7,9H2,1-2H3,(H2,15,19,20). The van der Waals surface area contributed by atoms with Gasteiger partial charge >= 0.3 is 0 Å². The molecule has 2 N–H and O–H groups in total. The van der Waals surface area contributed by atoms with Gasteiger partial charge in [0.05, 0.1) is 21.7 Å². The van der Waals surface area contributed by atoms with Crippen molar-refractivity contribution in [2.75, 3.05) is 5.75 Å². The van der Waals surface area contributed by atoms with Gasteiger partial charge in [-0.05, 0) is 31.5 Å². The molecule has 6 nitrogen and oxygen atoms in total. The molecule has 0 fully saturated rings. The van der Waals surface area contributed by atoms with Crippen LogP contribution in [0.5, 0.6) is 0 Å². The van der Waals surface area contributed by atoms with Crippen molar-refractivity contribution in [2.24, 2.45) is 5.14 Å². The van der Waals surface area contributed by atoms with Crippen molar-refractivity contribution >= 4 is 38.6 Å². The summed E-state index contributed by atoms with van der Waals surface area (Å²) in [5, 5.41) is 5.89. The predicted octanol–water partition coefficient (Wildman–Crippen LogP) is 2.16. The average Bonchev–Trinajstić information content (AvgIpc) is 2.78. The van der Waals surface area contributed by atoms with Crippen molar-refractivity contribution in [2.45, 2.75) is 43.3 Å². The first kappa shape index (κ1) is 17.0. The first-order valence-corrected chi connectivity index (χ1v) is 9.51. The zero-order valence-electron chi connectivity index (χ0n) is 12.6. The maximum absolute atomic E-state index is 11.4. The molecular formula is C14H19N3O3S2. The monoisotopic (exact) mass is 341 g/mol. The molecule has 0 radical (unpaired) electrons. The Bertz CT molecular complexity index is 797. The van der Waals surface area contributed by atoms with E-state index in [0.29, 0.717) is 11.3 Å². The number of sulfonamides is 1. The van der Waals surface area contributed by atoms with E-state index in [4.69, 9.17) is 5.14 Å². The van der Waals surface area contributed by atoms with Gasteiger partial charge in [0.15, 0.2) is 5.16 Å². The summed E-state index contributed by atoms with van der Waals surface area (Å²) in [5.41, 5.74) is 1.43. The Balaban J connectivity index is 2.49. The Morgan fingerprint density at radius 2 is 2.14 bits per heavy atom. The smallest absolute Gasteiger partial charge is 0.238 e. The molecule has 0 bridgehead atoms. The Morgan fingerprint density at radius 3 is 2.73 bits per heavy atom. The lowest BCUT2D eigenvalue weighted by Crippen LogP contribution is -2.11. The van der Waals surface area contributed by atoms with Crippen molar-refractivity contribution in [3.8, 4) is 0 Å². The van der Waals surface area contributed by atoms with Crippen LogP contribution in [-0.2, 0) is 21.4 Å². The fourth-order valence-corrected chi connectivity index (χ4v) is 3.45. The molecule has 0 amide bonds. The average molecular weight is 341 g/mol. The first-order valence-electron chi connectivity index (χ1n) is 6.98. The van der Waals surface area contributed by atoms with E-state index in [1.54, 1.807) is 6.07 Å². The Hall–Kier alpha value is -1.38. The van der Waals surface area contributed by atoms with Crippen LogP contribution in [0.4, 0.5) is 0 Å². The normalized spacial score (nSPS) is 12.0. The molecule has 2 rings (SSSR count). The van der Waals surface area contributed by atoms with Crippen LogP contribution < -0.4 is 5.14 Å². The largest absolute Gasteiger partial charge is 0.319 e. The third-order valence-electron chi connectivity index (χ3n) is 3.15. The zero-order valence-corrected chi connectivity index (χ0v) is 14.2. The highest BCUT2D eigenvalue weighted by atomic mass is 32.2. The summed E-state index contributed by atoms with van der Waals surface area (Å²) in [7, 11) is -3.75. The molecule has 1 aromatic heterocycles. The molecule has 0 unspecified atom stereocenters. The van der Waals surface area contributed by atoms with Crippen molar-refractivity contribution in [1.29, 1.82) is 0 Å². The van der Waals surface area contributed by atoms with Crippen LogP contribution in [0, 0.1) is 0 Å². The number of aromatic nitrogens is 2. The third kappa shape index (κ3) is 3.88. The number of benzene rings is 1. The second-order valence-electron chi connectivity index (χ2n) is 5.09. The van der Waals surface area contributed by atoms with E-state index in [-0.39, 0.29) is 10.7 Å². The number of unbranched alkanes of at least 4 members (excludes halogenated alkanes) is 1. The van der Waals surface area contributed by atoms with E-state index in [1.807, 2.05) is 4.57 Å². The van der Waals surface area contributed by atoms with Gasteiger partial charge in [-0.25, -0.2) is 18.5 Å². The molecule has 1 heterocycles. The number of ketones is 1. The highest BCUT2D eigenvalue weighted by molar-refractivity contribution is 7.99. The number of nitrogens with two attached hydrogens (primary N) is 1. The summed E-state index contributed by atoms with van der Waals surface area (Å²) >= 11 is 1.37. The van der Waals surface area contributed by atoms with Crippen LogP contribution in [0.1, 0.15) is 26.7 Å². The SMILES string of the molecule is CCCCn1c(SCC(C)=O)nc2cc(S(N)(=O)=O)ccc21. The van der Waals surface area contributed by atoms with E-state index < -0.39 is 10.0 Å². The summed E-state index contributed by atoms with van der Waals surface area (Å²) in [6.45, 7) is 4.41. The fraction of sp³-hybridized carbons (Fsp3) is 0.429. The van der Waals surface area contributed by atoms with Gasteiger partial charge < -0.3 is 4.57 Å². The molecule has 0 spiro atoms. The molecule has 0 atom stereocenters. The van der Waals surface area contributed by atoms with Crippen LogP contribution in [0.3, 0.4) is 0 Å². The van der Waals surface area contributed by atoms with E-state index >= 15 is 0 Å². The van der Waals surface area contributed by atoms with Crippen molar-refractivity contribution in [1.82, 2.24) is 9.55 Å². The van der Waals surface area contributed by atoms with Gasteiger partial charge in [-0.3, -0.25) is 4.79 Å². The lowest BCUT2D eigenvalue weighted by atomic mass is 10.3. The number of carbonyl (C=O) groups excluding carboxylic acids is 1. The number of rotatable bonds is 7. The minimum atomic E-state index is -3.75. The Kier molecular flexibility index (Phi) is 5.25. The van der Waals surface area contributed by atoms with Gasteiger partial charge in [0.1, 0.15) is 5.78 Å². The highest BCUT2D eigenvalue weighted by Crippen LogP contribution is 2.26. The van der Waals surface area contributed by atoms with Crippen molar-refractivity contribution in [3.63, 3.8) is 0 Å².